The molecule has 4 nitrogen and oxygen atoms in total. The van der Waals surface area contributed by atoms with Crippen molar-refractivity contribution in [2.24, 2.45) is 0 Å². The Morgan fingerprint density at radius 2 is 1.77 bits per heavy atom. The van der Waals surface area contributed by atoms with Gasteiger partial charge in [-0.1, -0.05) is 0 Å². The molecule has 13 heavy (non-hydrogen) atoms. The number of ether oxygens (including phenoxy) is 1. The maximum absolute atomic E-state index is 5.77. The Kier molecular flexibility index (Phi) is 2.51. The lowest BCUT2D eigenvalue weighted by molar-refractivity contribution is 0.417. The zero-order valence-electron chi connectivity index (χ0n) is 8.16. The van der Waals surface area contributed by atoms with Gasteiger partial charge in [0.25, 0.3) is 0 Å². The van der Waals surface area contributed by atoms with Gasteiger partial charge in [0.1, 0.15) is 5.75 Å². The van der Waals surface area contributed by atoms with Crippen LogP contribution in [-0.2, 0) is 0 Å². The van der Waals surface area contributed by atoms with E-state index in [-0.39, 0.29) is 0 Å². The molecule has 0 amide bonds. The number of methoxy groups -OCH3 is 1. The van der Waals surface area contributed by atoms with E-state index in [0.29, 0.717) is 17.1 Å². The number of nitrogens with two attached hydrogens (primary N) is 2. The second kappa shape index (κ2) is 3.43. The van der Waals surface area contributed by atoms with Gasteiger partial charge >= 0.3 is 0 Å². The summed E-state index contributed by atoms with van der Waals surface area (Å²) in [6.45, 7) is 0. The van der Waals surface area contributed by atoms with Crippen molar-refractivity contribution in [2.45, 2.75) is 0 Å². The molecule has 4 heteroatoms. The summed E-state index contributed by atoms with van der Waals surface area (Å²) in [4.78, 5) is 1.91. The van der Waals surface area contributed by atoms with Gasteiger partial charge in [-0.25, -0.2) is 0 Å². The molecular formula is C9H15N3O. The van der Waals surface area contributed by atoms with Crippen molar-refractivity contribution >= 4 is 17.1 Å². The molecule has 0 aliphatic carbocycles. The number of benzene rings is 1. The molecule has 0 aromatic heterocycles. The Morgan fingerprint density at radius 3 is 2.23 bits per heavy atom. The minimum Gasteiger partial charge on any atom is -0.495 e. The highest BCUT2D eigenvalue weighted by Crippen LogP contribution is 2.32. The summed E-state index contributed by atoms with van der Waals surface area (Å²) in [7, 11) is 5.42. The van der Waals surface area contributed by atoms with Gasteiger partial charge in [0.05, 0.1) is 24.2 Å². The van der Waals surface area contributed by atoms with E-state index in [1.807, 2.05) is 25.1 Å². The first-order chi connectivity index (χ1) is 6.06. The standard InChI is InChI=1S/C9H15N3O/c1-12(2)8-5-9(13-3)7(11)4-6(8)10/h4-5H,10-11H2,1-3H3. The molecule has 0 saturated carbocycles. The Balaban J connectivity index is 3.22. The number of hydrogen-bond acceptors (Lipinski definition) is 4. The van der Waals surface area contributed by atoms with Gasteiger partial charge in [-0.15, -0.1) is 0 Å². The van der Waals surface area contributed by atoms with Crippen LogP contribution in [0, 0.1) is 0 Å². The van der Waals surface area contributed by atoms with Crippen LogP contribution in [0.3, 0.4) is 0 Å². The zero-order valence-corrected chi connectivity index (χ0v) is 8.16. The van der Waals surface area contributed by atoms with Gasteiger partial charge in [-0.2, -0.15) is 0 Å². The third kappa shape index (κ3) is 1.77. The highest BCUT2D eigenvalue weighted by Gasteiger charge is 2.06. The molecule has 0 radical (unpaired) electrons. The molecular weight excluding hydrogens is 166 g/mol. The van der Waals surface area contributed by atoms with Crippen molar-refractivity contribution in [2.75, 3.05) is 37.6 Å². The first kappa shape index (κ1) is 9.51. The molecule has 0 heterocycles. The summed E-state index contributed by atoms with van der Waals surface area (Å²) in [5.41, 5.74) is 13.6. The van der Waals surface area contributed by atoms with Gasteiger partial charge in [0, 0.05) is 20.2 Å². The molecule has 1 rings (SSSR count). The van der Waals surface area contributed by atoms with E-state index in [1.165, 1.54) is 0 Å². The second-order valence-corrected chi connectivity index (χ2v) is 3.05. The van der Waals surface area contributed by atoms with Gasteiger partial charge in [-0.05, 0) is 6.07 Å². The molecule has 1 aromatic rings. The number of anilines is 3. The van der Waals surface area contributed by atoms with Crippen molar-refractivity contribution in [3.8, 4) is 5.75 Å². The van der Waals surface area contributed by atoms with E-state index in [0.717, 1.165) is 5.69 Å². The Bertz CT molecular complexity index is 310. The Morgan fingerprint density at radius 1 is 1.15 bits per heavy atom. The topological polar surface area (TPSA) is 64.5 Å². The molecule has 0 saturated heterocycles. The summed E-state index contributed by atoms with van der Waals surface area (Å²) in [5.74, 6) is 0.651. The summed E-state index contributed by atoms with van der Waals surface area (Å²) in [6.07, 6.45) is 0. The minimum absolute atomic E-state index is 0.561. The molecule has 0 fully saturated rings. The van der Waals surface area contributed by atoms with Crippen molar-refractivity contribution in [3.63, 3.8) is 0 Å². The molecule has 0 spiro atoms. The largest absolute Gasteiger partial charge is 0.495 e. The molecule has 0 aliphatic rings. The monoisotopic (exact) mass is 181 g/mol. The number of nitrogen functional groups attached to an aromatic ring is 2. The molecule has 0 atom stereocenters. The molecule has 0 bridgehead atoms. The molecule has 0 aliphatic heterocycles. The highest BCUT2D eigenvalue weighted by molar-refractivity contribution is 5.76. The fourth-order valence-electron chi connectivity index (χ4n) is 1.17. The van der Waals surface area contributed by atoms with Crippen LogP contribution in [0.1, 0.15) is 0 Å². The quantitative estimate of drug-likeness (QED) is 0.666. The van der Waals surface area contributed by atoms with Crippen molar-refractivity contribution in [1.82, 2.24) is 0 Å². The third-order valence-corrected chi connectivity index (χ3v) is 1.86. The first-order valence-electron chi connectivity index (χ1n) is 3.96. The van der Waals surface area contributed by atoms with Crippen LogP contribution >= 0.6 is 0 Å². The fourth-order valence-corrected chi connectivity index (χ4v) is 1.17. The minimum atomic E-state index is 0.561. The van der Waals surface area contributed by atoms with Crippen molar-refractivity contribution in [1.29, 1.82) is 0 Å². The van der Waals surface area contributed by atoms with E-state index in [4.69, 9.17) is 16.2 Å². The van der Waals surface area contributed by atoms with E-state index >= 15 is 0 Å². The number of nitrogens with zero attached hydrogens (tertiary/aromatic N) is 1. The summed E-state index contributed by atoms with van der Waals surface area (Å²) in [6, 6.07) is 3.53. The summed E-state index contributed by atoms with van der Waals surface area (Å²) in [5, 5.41) is 0. The van der Waals surface area contributed by atoms with E-state index in [1.54, 1.807) is 13.2 Å². The van der Waals surface area contributed by atoms with Crippen LogP contribution < -0.4 is 21.1 Å². The maximum atomic E-state index is 5.77. The van der Waals surface area contributed by atoms with Gasteiger partial charge in [0.2, 0.25) is 0 Å². The fraction of sp³-hybridized carbons (Fsp3) is 0.333. The van der Waals surface area contributed by atoms with Gasteiger partial charge < -0.3 is 21.1 Å². The lowest BCUT2D eigenvalue weighted by Gasteiger charge is -2.17. The molecule has 0 unspecified atom stereocenters. The third-order valence-electron chi connectivity index (χ3n) is 1.86. The predicted octanol–water partition coefficient (Wildman–Crippen LogP) is 0.926. The SMILES string of the molecule is COc1cc(N(C)C)c(N)cc1N. The van der Waals surface area contributed by atoms with E-state index in [9.17, 15) is 0 Å². The number of rotatable bonds is 2. The summed E-state index contributed by atoms with van der Waals surface area (Å²) >= 11 is 0. The molecule has 1 aromatic carbocycles. The maximum Gasteiger partial charge on any atom is 0.143 e. The Hall–Kier alpha value is -1.58. The molecule has 72 valence electrons. The van der Waals surface area contributed by atoms with Crippen molar-refractivity contribution < 1.29 is 4.74 Å². The van der Waals surface area contributed by atoms with Crippen molar-refractivity contribution in [3.05, 3.63) is 12.1 Å². The average molecular weight is 181 g/mol. The van der Waals surface area contributed by atoms with Crippen LogP contribution in [-0.4, -0.2) is 21.2 Å². The van der Waals surface area contributed by atoms with Crippen LogP contribution in [0.25, 0.3) is 0 Å². The normalized spacial score (nSPS) is 9.77. The lowest BCUT2D eigenvalue weighted by Crippen LogP contribution is -2.11. The van der Waals surface area contributed by atoms with Crippen LogP contribution in [0.4, 0.5) is 17.1 Å². The van der Waals surface area contributed by atoms with Crippen LogP contribution in [0.15, 0.2) is 12.1 Å². The first-order valence-corrected chi connectivity index (χ1v) is 3.96. The Labute approximate surface area is 78.1 Å². The predicted molar refractivity (Wildman–Crippen MR) is 56.1 cm³/mol. The van der Waals surface area contributed by atoms with Gasteiger partial charge in [-0.3, -0.25) is 0 Å². The zero-order chi connectivity index (χ0) is 10.0. The smallest absolute Gasteiger partial charge is 0.143 e. The average Bonchev–Trinajstić information content (AvgIpc) is 2.03. The summed E-state index contributed by atoms with van der Waals surface area (Å²) < 4.78 is 5.08. The highest BCUT2D eigenvalue weighted by atomic mass is 16.5. The number of hydrogen-bond donors (Lipinski definition) is 2. The molecule has 4 N–H and O–H groups in total. The van der Waals surface area contributed by atoms with Crippen LogP contribution in [0.5, 0.6) is 5.75 Å². The second-order valence-electron chi connectivity index (χ2n) is 3.05. The van der Waals surface area contributed by atoms with Gasteiger partial charge in [0.15, 0.2) is 0 Å². The van der Waals surface area contributed by atoms with Crippen LogP contribution in [0.2, 0.25) is 0 Å². The van der Waals surface area contributed by atoms with E-state index < -0.39 is 0 Å². The van der Waals surface area contributed by atoms with E-state index in [2.05, 4.69) is 0 Å². The lowest BCUT2D eigenvalue weighted by atomic mass is 10.2.